The zero-order valence-electron chi connectivity index (χ0n) is 23.3. The van der Waals surface area contributed by atoms with E-state index in [1.165, 1.54) is 17.8 Å². The number of amides is 2. The molecule has 0 saturated carbocycles. The van der Waals surface area contributed by atoms with Crippen LogP contribution in [-0.4, -0.2) is 51.1 Å². The van der Waals surface area contributed by atoms with Crippen molar-refractivity contribution in [2.75, 3.05) is 28.7 Å². The van der Waals surface area contributed by atoms with Crippen molar-refractivity contribution < 1.29 is 29.3 Å². The average Bonchev–Trinajstić information content (AvgIpc) is 3.44. The fourth-order valence-electron chi connectivity index (χ4n) is 4.39. The maximum absolute atomic E-state index is 13.5. The number of thiazole rings is 1. The number of hydrogen-bond acceptors (Lipinski definition) is 8. The summed E-state index contributed by atoms with van der Waals surface area (Å²) >= 11 is 8.51. The molecular weight excluding hydrogens is 622 g/mol. The number of benzene rings is 4. The molecule has 0 saturated heterocycles. The first-order chi connectivity index (χ1) is 21.2. The molecule has 0 atom stereocenters. The van der Waals surface area contributed by atoms with Crippen LogP contribution in [0, 0.1) is 6.92 Å². The molecule has 224 valence electrons. The highest BCUT2D eigenvalue weighted by Crippen LogP contribution is 2.38. The number of aromatic hydroxyl groups is 1. The van der Waals surface area contributed by atoms with Crippen molar-refractivity contribution in [2.45, 2.75) is 6.92 Å². The van der Waals surface area contributed by atoms with Crippen molar-refractivity contribution >= 4 is 74.1 Å². The van der Waals surface area contributed by atoms with Gasteiger partial charge in [-0.05, 0) is 30.7 Å². The van der Waals surface area contributed by atoms with E-state index >= 15 is 0 Å². The number of halogens is 1. The van der Waals surface area contributed by atoms with Crippen LogP contribution in [-0.2, 0) is 4.79 Å². The number of hydrogen-bond donors (Lipinski definition) is 4. The van der Waals surface area contributed by atoms with Gasteiger partial charge in [-0.1, -0.05) is 83.6 Å². The van der Waals surface area contributed by atoms with E-state index in [0.29, 0.717) is 44.2 Å². The van der Waals surface area contributed by atoms with Gasteiger partial charge < -0.3 is 20.3 Å². The zero-order chi connectivity index (χ0) is 31.2. The lowest BCUT2D eigenvalue weighted by Gasteiger charge is -2.13. The molecule has 0 radical (unpaired) electrons. The zero-order valence-corrected chi connectivity index (χ0v) is 25.7. The van der Waals surface area contributed by atoms with Crippen molar-refractivity contribution in [3.05, 3.63) is 99.9 Å². The third kappa shape index (κ3) is 7.13. The second-order valence-corrected chi connectivity index (χ2v) is 12.1. The highest BCUT2D eigenvalue weighted by molar-refractivity contribution is 7.99. The van der Waals surface area contributed by atoms with E-state index in [-0.39, 0.29) is 33.7 Å². The molecule has 9 nitrogen and oxygen atoms in total. The molecule has 1 aromatic heterocycles. The molecule has 0 aliphatic heterocycles. The van der Waals surface area contributed by atoms with Crippen LogP contribution >= 0.6 is 34.7 Å². The summed E-state index contributed by atoms with van der Waals surface area (Å²) < 4.78 is 5.90. The molecule has 44 heavy (non-hydrogen) atoms. The van der Waals surface area contributed by atoms with E-state index < -0.39 is 17.8 Å². The monoisotopic (exact) mass is 647 g/mol. The molecule has 0 fully saturated rings. The van der Waals surface area contributed by atoms with Crippen LogP contribution in [0.25, 0.3) is 22.0 Å². The molecule has 4 aromatic carbocycles. The summed E-state index contributed by atoms with van der Waals surface area (Å²) in [6.45, 7) is 2.09. The maximum atomic E-state index is 13.5. The molecule has 2 amide bonds. The largest absolute Gasteiger partial charge is 0.506 e. The van der Waals surface area contributed by atoms with Crippen LogP contribution < -0.4 is 15.4 Å². The number of nitrogens with one attached hydrogen (secondary N) is 2. The minimum Gasteiger partial charge on any atom is -0.506 e. The second kappa shape index (κ2) is 13.8. The number of thioether (sulfide) groups is 1. The Bertz CT molecular complexity index is 1860. The fraction of sp³-hybridized carbons (Fsp3) is 0.125. The van der Waals surface area contributed by atoms with Gasteiger partial charge in [0, 0.05) is 22.1 Å². The van der Waals surface area contributed by atoms with Crippen molar-refractivity contribution in [3.63, 3.8) is 0 Å². The first-order valence-electron chi connectivity index (χ1n) is 13.3. The Labute approximate surface area is 265 Å². The average molecular weight is 648 g/mol. The fourth-order valence-corrected chi connectivity index (χ4v) is 5.95. The lowest BCUT2D eigenvalue weighted by Crippen LogP contribution is -2.13. The summed E-state index contributed by atoms with van der Waals surface area (Å²) in [7, 11) is 0. The molecule has 4 N–H and O–H groups in total. The Morgan fingerprint density at radius 3 is 2.43 bits per heavy atom. The van der Waals surface area contributed by atoms with Crippen molar-refractivity contribution in [1.82, 2.24) is 4.98 Å². The molecule has 0 spiro atoms. The third-order valence-corrected chi connectivity index (χ3v) is 8.61. The predicted molar refractivity (Wildman–Crippen MR) is 176 cm³/mol. The molecule has 1 heterocycles. The third-order valence-electron chi connectivity index (χ3n) is 6.40. The van der Waals surface area contributed by atoms with Crippen LogP contribution in [0.2, 0.25) is 5.02 Å². The van der Waals surface area contributed by atoms with E-state index in [9.17, 15) is 19.5 Å². The summed E-state index contributed by atoms with van der Waals surface area (Å²) in [4.78, 5) is 42.6. The Hall–Kier alpha value is -4.58. The molecule has 5 rings (SSSR count). The number of carbonyl (C=O) groups is 3. The smallest absolute Gasteiger partial charge is 0.313 e. The molecule has 12 heteroatoms. The van der Waals surface area contributed by atoms with Crippen molar-refractivity contribution in [2.24, 2.45) is 0 Å². The first-order valence-corrected chi connectivity index (χ1v) is 15.7. The van der Waals surface area contributed by atoms with E-state index in [1.807, 2.05) is 43.3 Å². The topological polar surface area (TPSA) is 138 Å². The number of fused-ring (bicyclic) bond motifs is 1. The molecule has 0 bridgehead atoms. The lowest BCUT2D eigenvalue weighted by atomic mass is 10.0. The number of aliphatic carboxylic acids is 1. The molecule has 0 aliphatic rings. The summed E-state index contributed by atoms with van der Waals surface area (Å²) in [6, 6.07) is 22.8. The number of carbonyl (C=O) groups excluding carboxylic acids is 2. The van der Waals surface area contributed by atoms with E-state index in [1.54, 1.807) is 36.4 Å². The summed E-state index contributed by atoms with van der Waals surface area (Å²) in [5.74, 6) is -1.52. The summed E-state index contributed by atoms with van der Waals surface area (Å²) in [6.07, 6.45) is 0. The first kappa shape index (κ1) is 30.9. The quantitative estimate of drug-likeness (QED) is 0.109. The van der Waals surface area contributed by atoms with Gasteiger partial charge in [0.1, 0.15) is 16.4 Å². The van der Waals surface area contributed by atoms with Gasteiger partial charge in [-0.25, -0.2) is 4.98 Å². The standard InChI is InChI=1S/C32H26ClN3O6S2/c1-18-11-12-23(33)24(15-18)34-31(41)29-27(19-7-3-2-4-8-19)35-32(44-29)36-30(40)22-16-25(42-13-14-43-17-26(37)38)20-9-5-6-10-21(20)28(22)39/h2-12,15-16,39H,13-14,17H2,1H3,(H,34,41)(H,37,38)(H,35,36,40). The number of anilines is 2. The number of phenols is 1. The van der Waals surface area contributed by atoms with Gasteiger partial charge in [0.2, 0.25) is 0 Å². The number of rotatable bonds is 11. The van der Waals surface area contributed by atoms with Gasteiger partial charge in [0.15, 0.2) is 5.13 Å². The van der Waals surface area contributed by atoms with E-state index in [4.69, 9.17) is 21.4 Å². The minimum absolute atomic E-state index is 0.0501. The van der Waals surface area contributed by atoms with Crippen LogP contribution in [0.4, 0.5) is 10.8 Å². The van der Waals surface area contributed by atoms with Crippen LogP contribution in [0.5, 0.6) is 11.5 Å². The van der Waals surface area contributed by atoms with Gasteiger partial charge >= 0.3 is 5.97 Å². The van der Waals surface area contributed by atoms with Crippen molar-refractivity contribution in [3.8, 4) is 22.8 Å². The number of ether oxygens (including phenoxy) is 1. The number of nitrogens with zero attached hydrogens (tertiary/aromatic N) is 1. The van der Waals surface area contributed by atoms with Gasteiger partial charge in [-0.2, -0.15) is 0 Å². The SMILES string of the molecule is Cc1ccc(Cl)c(NC(=O)c2sc(NC(=O)c3cc(OCCSCC(=O)O)c4ccccc4c3O)nc2-c2ccccc2)c1. The van der Waals surface area contributed by atoms with Crippen LogP contribution in [0.15, 0.2) is 78.9 Å². The molecular formula is C32H26ClN3O6S2. The Morgan fingerprint density at radius 1 is 0.955 bits per heavy atom. The van der Waals surface area contributed by atoms with E-state index in [0.717, 1.165) is 16.9 Å². The van der Waals surface area contributed by atoms with Gasteiger partial charge in [0.05, 0.1) is 34.3 Å². The van der Waals surface area contributed by atoms with Crippen LogP contribution in [0.3, 0.4) is 0 Å². The number of phenolic OH excluding ortho intramolecular Hbond substituents is 1. The lowest BCUT2D eigenvalue weighted by molar-refractivity contribution is -0.133. The number of aryl methyl sites for hydroxylation is 1. The highest BCUT2D eigenvalue weighted by Gasteiger charge is 2.24. The number of aromatic nitrogens is 1. The Kier molecular flexibility index (Phi) is 9.69. The normalized spacial score (nSPS) is 10.9. The van der Waals surface area contributed by atoms with E-state index in [2.05, 4.69) is 15.6 Å². The molecule has 0 aliphatic carbocycles. The second-order valence-electron chi connectivity index (χ2n) is 9.57. The predicted octanol–water partition coefficient (Wildman–Crippen LogP) is 7.33. The van der Waals surface area contributed by atoms with Crippen molar-refractivity contribution in [1.29, 1.82) is 0 Å². The molecule has 0 unspecified atom stereocenters. The van der Waals surface area contributed by atoms with Gasteiger partial charge in [-0.15, -0.1) is 11.8 Å². The van der Waals surface area contributed by atoms with Gasteiger partial charge in [0.25, 0.3) is 11.8 Å². The number of carboxylic acid groups (broad SMARTS) is 1. The Morgan fingerprint density at radius 2 is 1.68 bits per heavy atom. The maximum Gasteiger partial charge on any atom is 0.313 e. The highest BCUT2D eigenvalue weighted by atomic mass is 35.5. The summed E-state index contributed by atoms with van der Waals surface area (Å²) in [5, 5.41) is 27.0. The number of carboxylic acids is 1. The summed E-state index contributed by atoms with van der Waals surface area (Å²) in [5.41, 5.74) is 2.37. The minimum atomic E-state index is -0.916. The van der Waals surface area contributed by atoms with Gasteiger partial charge in [-0.3, -0.25) is 19.7 Å². The Balaban J connectivity index is 1.44. The van der Waals surface area contributed by atoms with Crippen LogP contribution in [0.1, 0.15) is 25.6 Å². The molecule has 5 aromatic rings.